The lowest BCUT2D eigenvalue weighted by Gasteiger charge is -2.22. The summed E-state index contributed by atoms with van der Waals surface area (Å²) in [5.41, 5.74) is 2.69. The Labute approximate surface area is 60.5 Å². The minimum Gasteiger partial charge on any atom is -0.915 e. The predicted molar refractivity (Wildman–Crippen MR) is 36.7 cm³/mol. The number of rotatable bonds is 0. The highest BCUT2D eigenvalue weighted by Crippen LogP contribution is 2.15. The van der Waals surface area contributed by atoms with Gasteiger partial charge in [0.15, 0.2) is 0 Å². The third kappa shape index (κ3) is 0.967. The van der Waals surface area contributed by atoms with Crippen molar-refractivity contribution in [3.63, 3.8) is 0 Å². The molecule has 0 fully saturated rings. The Kier molecular flexibility index (Phi) is 1.62. The van der Waals surface area contributed by atoms with Gasteiger partial charge in [-0.2, -0.15) is 11.1 Å². The largest absolute Gasteiger partial charge is 0.915 e. The normalized spacial score (nSPS) is 9.90. The highest BCUT2D eigenvalue weighted by Gasteiger charge is 1.85. The molecular weight excluding hydrogens is 126 g/mol. The van der Waals surface area contributed by atoms with Crippen molar-refractivity contribution in [3.8, 4) is 5.88 Å². The van der Waals surface area contributed by atoms with Crippen molar-refractivity contribution in [1.29, 1.82) is 0 Å². The van der Waals surface area contributed by atoms with Crippen LogP contribution in [0.25, 0.3) is 0 Å². The molecule has 0 radical (unpaired) electrons. The molecule has 0 atom stereocenters. The molecule has 1 heterocycles. The second-order valence-electron chi connectivity index (χ2n) is 2.40. The van der Waals surface area contributed by atoms with Gasteiger partial charge < -0.3 is 10.1 Å². The fourth-order valence-corrected chi connectivity index (χ4v) is 0.744. The molecule has 0 amide bonds. The van der Waals surface area contributed by atoms with E-state index < -0.39 is 0 Å². The summed E-state index contributed by atoms with van der Waals surface area (Å²) in [6, 6.07) is 0. The summed E-state index contributed by atoms with van der Waals surface area (Å²) < 4.78 is 0. The number of aryl methyl sites for hydroxylation is 1. The molecule has 0 saturated heterocycles. The van der Waals surface area contributed by atoms with Gasteiger partial charge in [0.25, 0.3) is 0 Å². The van der Waals surface area contributed by atoms with Crippen molar-refractivity contribution in [1.82, 2.24) is 4.98 Å². The molecule has 0 N–H and O–H groups in total. The molecule has 1 aromatic rings. The van der Waals surface area contributed by atoms with Gasteiger partial charge in [-0.3, -0.25) is 0 Å². The molecule has 0 spiro atoms. The summed E-state index contributed by atoms with van der Waals surface area (Å²) in [4.78, 5) is 3.56. The highest BCUT2D eigenvalue weighted by atomic mass is 16.3. The van der Waals surface area contributed by atoms with Crippen molar-refractivity contribution in [2.24, 2.45) is 0 Å². The quantitative estimate of drug-likeness (QED) is 0.495. The first-order chi connectivity index (χ1) is 4.63. The van der Waals surface area contributed by atoms with Gasteiger partial charge in [-0.1, -0.05) is 27.0 Å². The lowest BCUT2D eigenvalue weighted by Crippen LogP contribution is -2.00. The molecule has 2 heteroatoms. The molecule has 10 heavy (non-hydrogen) atoms. The van der Waals surface area contributed by atoms with E-state index in [9.17, 15) is 5.11 Å². The van der Waals surface area contributed by atoms with E-state index in [2.05, 4.69) is 11.2 Å². The summed E-state index contributed by atoms with van der Waals surface area (Å²) in [7, 11) is 0. The topological polar surface area (TPSA) is 36.0 Å². The molecular formula is C8H9NO-2. The third-order valence-electron chi connectivity index (χ3n) is 1.77. The van der Waals surface area contributed by atoms with Crippen LogP contribution in [0.1, 0.15) is 16.7 Å². The monoisotopic (exact) mass is 135 g/mol. The predicted octanol–water partition coefficient (Wildman–Crippen LogP) is 0.881. The van der Waals surface area contributed by atoms with Gasteiger partial charge in [-0.25, -0.2) is 0 Å². The fraction of sp³-hybridized carbons (Fsp3) is 0.375. The van der Waals surface area contributed by atoms with E-state index in [0.717, 1.165) is 16.7 Å². The van der Waals surface area contributed by atoms with Gasteiger partial charge in [-0.15, -0.1) is 11.4 Å². The third-order valence-corrected chi connectivity index (χ3v) is 1.77. The van der Waals surface area contributed by atoms with E-state index in [-0.39, 0.29) is 5.88 Å². The van der Waals surface area contributed by atoms with E-state index in [1.54, 1.807) is 6.92 Å². The molecule has 1 rings (SSSR count). The van der Waals surface area contributed by atoms with E-state index in [1.165, 1.54) is 0 Å². The van der Waals surface area contributed by atoms with Gasteiger partial charge >= 0.3 is 0 Å². The minimum absolute atomic E-state index is 0.164. The molecule has 2 nitrogen and oxygen atoms in total. The van der Waals surface area contributed by atoms with Crippen LogP contribution in [0.3, 0.4) is 0 Å². The Morgan fingerprint density at radius 1 is 1.20 bits per heavy atom. The average molecular weight is 135 g/mol. The zero-order valence-corrected chi connectivity index (χ0v) is 6.36. The Bertz CT molecular complexity index is 229. The van der Waals surface area contributed by atoms with Gasteiger partial charge in [-0.05, 0) is 0 Å². The SMILES string of the molecule is Cc1[c-]nc([O-])c(C)c1C. The molecule has 0 aliphatic carbocycles. The molecule has 0 aliphatic heterocycles. The van der Waals surface area contributed by atoms with E-state index >= 15 is 0 Å². The Hall–Kier alpha value is -1.05. The number of hydrogen-bond acceptors (Lipinski definition) is 2. The van der Waals surface area contributed by atoms with Gasteiger partial charge in [0.1, 0.15) is 0 Å². The van der Waals surface area contributed by atoms with Crippen LogP contribution in [0.4, 0.5) is 0 Å². The Balaban J connectivity index is 3.34. The molecule has 54 valence electrons. The lowest BCUT2D eigenvalue weighted by atomic mass is 10.1. The first-order valence-electron chi connectivity index (χ1n) is 3.15. The molecule has 1 aromatic heterocycles. The standard InChI is InChI=1S/C8H10NO/c1-5-4-9-8(10)7(3)6(5)2/h1-3H3,(H,9,10)/q-1/p-1. The maximum absolute atomic E-state index is 10.8. The van der Waals surface area contributed by atoms with Crippen LogP contribution in [0.5, 0.6) is 5.88 Å². The fourth-order valence-electron chi connectivity index (χ4n) is 0.744. The highest BCUT2D eigenvalue weighted by molar-refractivity contribution is 5.34. The van der Waals surface area contributed by atoms with E-state index in [1.807, 2.05) is 13.8 Å². The second kappa shape index (κ2) is 2.29. The van der Waals surface area contributed by atoms with Crippen molar-refractivity contribution >= 4 is 0 Å². The van der Waals surface area contributed by atoms with Crippen LogP contribution in [0.15, 0.2) is 0 Å². The lowest BCUT2D eigenvalue weighted by molar-refractivity contribution is -0.276. The zero-order chi connectivity index (χ0) is 7.72. The summed E-state index contributed by atoms with van der Waals surface area (Å²) in [5.74, 6) is -0.164. The van der Waals surface area contributed by atoms with Gasteiger partial charge in [0.2, 0.25) is 0 Å². The summed E-state index contributed by atoms with van der Waals surface area (Å²) in [6.45, 7) is 5.59. The minimum atomic E-state index is -0.164. The van der Waals surface area contributed by atoms with Crippen LogP contribution in [-0.2, 0) is 0 Å². The van der Waals surface area contributed by atoms with E-state index in [4.69, 9.17) is 0 Å². The number of nitrogens with zero attached hydrogens (tertiary/aromatic N) is 1. The van der Waals surface area contributed by atoms with Crippen LogP contribution in [-0.4, -0.2) is 4.98 Å². The van der Waals surface area contributed by atoms with Crippen LogP contribution in [0, 0.1) is 27.0 Å². The van der Waals surface area contributed by atoms with Crippen molar-refractivity contribution < 1.29 is 5.11 Å². The first-order valence-corrected chi connectivity index (χ1v) is 3.15. The molecule has 0 unspecified atom stereocenters. The van der Waals surface area contributed by atoms with Crippen LogP contribution in [0.2, 0.25) is 0 Å². The maximum atomic E-state index is 10.8. The summed E-state index contributed by atoms with van der Waals surface area (Å²) >= 11 is 0. The Morgan fingerprint density at radius 2 is 1.80 bits per heavy atom. The number of pyridine rings is 1. The zero-order valence-electron chi connectivity index (χ0n) is 6.36. The molecule has 0 aromatic carbocycles. The molecule has 0 aliphatic rings. The second-order valence-corrected chi connectivity index (χ2v) is 2.40. The first kappa shape index (κ1) is 7.06. The Morgan fingerprint density at radius 3 is 2.30 bits per heavy atom. The van der Waals surface area contributed by atoms with Crippen molar-refractivity contribution in [3.05, 3.63) is 22.9 Å². The summed E-state index contributed by atoms with van der Waals surface area (Å²) in [6.07, 6.45) is 2.65. The van der Waals surface area contributed by atoms with Crippen molar-refractivity contribution in [2.45, 2.75) is 20.8 Å². The molecule has 0 saturated carbocycles. The molecule has 0 bridgehead atoms. The smallest absolute Gasteiger partial charge is 0.0613 e. The van der Waals surface area contributed by atoms with Gasteiger partial charge in [0.05, 0.1) is 0 Å². The average Bonchev–Trinajstić information content (AvgIpc) is 1.93. The van der Waals surface area contributed by atoms with Crippen LogP contribution >= 0.6 is 0 Å². The number of hydrogen-bond donors (Lipinski definition) is 0. The maximum Gasteiger partial charge on any atom is -0.0613 e. The van der Waals surface area contributed by atoms with Gasteiger partial charge in [0, 0.05) is 0 Å². The van der Waals surface area contributed by atoms with Crippen LogP contribution < -0.4 is 5.11 Å². The summed E-state index contributed by atoms with van der Waals surface area (Å²) in [5, 5.41) is 10.8. The number of aromatic nitrogens is 1. The van der Waals surface area contributed by atoms with E-state index in [0.29, 0.717) is 0 Å². The van der Waals surface area contributed by atoms with Crippen molar-refractivity contribution in [2.75, 3.05) is 0 Å².